The van der Waals surface area contributed by atoms with Crippen molar-refractivity contribution >= 4 is 17.7 Å². The molecule has 4 heterocycles. The molecule has 0 bridgehead atoms. The first-order valence-corrected chi connectivity index (χ1v) is 10.1. The van der Waals surface area contributed by atoms with Crippen molar-refractivity contribution < 1.29 is 35.9 Å². The Hall–Kier alpha value is -3.09. The summed E-state index contributed by atoms with van der Waals surface area (Å²) in [6, 6.07) is 2.65. The fourth-order valence-corrected chi connectivity index (χ4v) is 3.46. The third kappa shape index (κ3) is 5.29. The quantitative estimate of drug-likeness (QED) is 0.607. The molecule has 13 heteroatoms. The van der Waals surface area contributed by atoms with Crippen molar-refractivity contribution in [2.24, 2.45) is 0 Å². The fourth-order valence-electron chi connectivity index (χ4n) is 3.46. The van der Waals surface area contributed by atoms with Crippen LogP contribution in [0.2, 0.25) is 0 Å². The van der Waals surface area contributed by atoms with Crippen LogP contribution in [0.5, 0.6) is 0 Å². The van der Waals surface area contributed by atoms with Crippen molar-refractivity contribution in [2.45, 2.75) is 32.3 Å². The Morgan fingerprint density at radius 3 is 2.36 bits per heavy atom. The average molecular weight is 477 g/mol. The van der Waals surface area contributed by atoms with Gasteiger partial charge in [-0.3, -0.25) is 5.32 Å². The van der Waals surface area contributed by atoms with Gasteiger partial charge < -0.3 is 15.0 Å². The van der Waals surface area contributed by atoms with Crippen LogP contribution >= 0.6 is 0 Å². The van der Waals surface area contributed by atoms with Crippen LogP contribution in [0.25, 0.3) is 11.3 Å². The molecule has 2 aliphatic heterocycles. The van der Waals surface area contributed by atoms with Gasteiger partial charge in [-0.2, -0.15) is 26.3 Å². The van der Waals surface area contributed by atoms with E-state index in [4.69, 9.17) is 0 Å². The Kier molecular flexibility index (Phi) is 7.00. The number of rotatable bonds is 2. The zero-order valence-electron chi connectivity index (χ0n) is 17.6. The van der Waals surface area contributed by atoms with E-state index in [2.05, 4.69) is 25.3 Å². The van der Waals surface area contributed by atoms with Crippen LogP contribution in [0.1, 0.15) is 31.1 Å². The first-order chi connectivity index (χ1) is 15.5. The van der Waals surface area contributed by atoms with Gasteiger partial charge in [0.05, 0.1) is 16.8 Å². The molecule has 2 aromatic rings. The second-order valence-electron chi connectivity index (χ2n) is 6.91. The molecule has 1 fully saturated rings. The average Bonchev–Trinajstić information content (AvgIpc) is 2.78. The van der Waals surface area contributed by atoms with E-state index in [1.165, 1.54) is 0 Å². The predicted octanol–water partition coefficient (Wildman–Crippen LogP) is 4.76. The van der Waals surface area contributed by atoms with Crippen LogP contribution in [-0.2, 0) is 10.9 Å². The maximum Gasteiger partial charge on any atom is 0.430 e. The van der Waals surface area contributed by atoms with Gasteiger partial charge in [-0.1, -0.05) is 13.8 Å². The van der Waals surface area contributed by atoms with Crippen molar-refractivity contribution in [2.75, 3.05) is 36.4 Å². The molecule has 0 saturated carbocycles. The molecule has 2 N–H and O–H groups in total. The smallest absolute Gasteiger partial charge is 0.430 e. The molecule has 2 aromatic heterocycles. The SMILES string of the molecule is CC.O=C1Nc2nccc(-c3cc(C(F)(F)F)cc(N4CCNCC4)n3)c2C(C(F)(F)F)O1. The number of cyclic esters (lactones) is 1. The molecule has 0 aromatic carbocycles. The number of aromatic nitrogens is 2. The lowest BCUT2D eigenvalue weighted by molar-refractivity contribution is -0.206. The monoisotopic (exact) mass is 477 g/mol. The molecule has 0 aliphatic carbocycles. The lowest BCUT2D eigenvalue weighted by Crippen LogP contribution is -2.44. The van der Waals surface area contributed by atoms with Gasteiger partial charge in [0, 0.05) is 37.9 Å². The van der Waals surface area contributed by atoms with E-state index in [0.29, 0.717) is 32.2 Å². The van der Waals surface area contributed by atoms with Crippen LogP contribution in [0, 0.1) is 0 Å². The van der Waals surface area contributed by atoms with Crippen LogP contribution < -0.4 is 15.5 Å². The number of alkyl halides is 6. The Morgan fingerprint density at radius 2 is 1.76 bits per heavy atom. The molecule has 33 heavy (non-hydrogen) atoms. The fraction of sp³-hybridized carbons (Fsp3) is 0.450. The van der Waals surface area contributed by atoms with E-state index in [0.717, 1.165) is 18.3 Å². The largest absolute Gasteiger partial charge is 0.431 e. The van der Waals surface area contributed by atoms with E-state index in [1.54, 1.807) is 4.90 Å². The van der Waals surface area contributed by atoms with Crippen LogP contribution in [0.4, 0.5) is 42.8 Å². The molecule has 180 valence electrons. The summed E-state index contributed by atoms with van der Waals surface area (Å²) in [6.07, 6.45) is -12.7. The van der Waals surface area contributed by atoms with Gasteiger partial charge in [0.1, 0.15) is 11.6 Å². The number of amides is 1. The number of carbonyl (C=O) groups excluding carboxylic acids is 1. The van der Waals surface area contributed by atoms with Gasteiger partial charge in [0.2, 0.25) is 6.10 Å². The highest BCUT2D eigenvalue weighted by Crippen LogP contribution is 2.46. The number of carbonyl (C=O) groups is 1. The van der Waals surface area contributed by atoms with E-state index < -0.39 is 41.5 Å². The third-order valence-electron chi connectivity index (χ3n) is 4.85. The maximum atomic E-state index is 13.6. The van der Waals surface area contributed by atoms with Crippen molar-refractivity contribution in [3.8, 4) is 11.3 Å². The lowest BCUT2D eigenvalue weighted by atomic mass is 9.98. The summed E-state index contributed by atoms with van der Waals surface area (Å²) in [5.74, 6) is -0.458. The summed E-state index contributed by atoms with van der Waals surface area (Å²) >= 11 is 0. The molecule has 1 atom stereocenters. The van der Waals surface area contributed by atoms with E-state index in [9.17, 15) is 31.1 Å². The molecular weight excluding hydrogens is 456 g/mol. The number of fused-ring (bicyclic) bond motifs is 1. The zero-order valence-corrected chi connectivity index (χ0v) is 17.6. The van der Waals surface area contributed by atoms with Gasteiger partial charge >= 0.3 is 18.4 Å². The lowest BCUT2D eigenvalue weighted by Gasteiger charge is -2.30. The van der Waals surface area contributed by atoms with Gasteiger partial charge in [0.25, 0.3) is 0 Å². The first-order valence-electron chi connectivity index (χ1n) is 10.1. The molecule has 0 radical (unpaired) electrons. The Balaban J connectivity index is 0.00000149. The van der Waals surface area contributed by atoms with Crippen molar-refractivity contribution in [1.29, 1.82) is 0 Å². The van der Waals surface area contributed by atoms with E-state index >= 15 is 0 Å². The van der Waals surface area contributed by atoms with Gasteiger partial charge in [-0.25, -0.2) is 14.8 Å². The molecule has 1 saturated heterocycles. The van der Waals surface area contributed by atoms with Crippen molar-refractivity contribution in [1.82, 2.24) is 15.3 Å². The highest BCUT2D eigenvalue weighted by molar-refractivity contribution is 5.89. The number of nitrogens with zero attached hydrogens (tertiary/aromatic N) is 3. The van der Waals surface area contributed by atoms with E-state index in [-0.39, 0.29) is 17.1 Å². The number of anilines is 2. The predicted molar refractivity (Wildman–Crippen MR) is 108 cm³/mol. The minimum Gasteiger partial charge on any atom is -0.431 e. The van der Waals surface area contributed by atoms with Crippen LogP contribution in [0.15, 0.2) is 24.4 Å². The number of ether oxygens (including phenoxy) is 1. The zero-order chi connectivity index (χ0) is 24.4. The molecule has 4 rings (SSSR count). The Bertz CT molecular complexity index is 1010. The van der Waals surface area contributed by atoms with Gasteiger partial charge in [-0.15, -0.1) is 0 Å². The summed E-state index contributed by atoms with van der Waals surface area (Å²) in [5.41, 5.74) is -2.26. The minimum atomic E-state index is -5.01. The van der Waals surface area contributed by atoms with Crippen molar-refractivity contribution in [3.63, 3.8) is 0 Å². The molecular formula is C20H21F6N5O2. The summed E-state index contributed by atoms with van der Waals surface area (Å²) in [4.78, 5) is 21.1. The number of nitrogens with one attached hydrogen (secondary N) is 2. The summed E-state index contributed by atoms with van der Waals surface area (Å²) in [7, 11) is 0. The molecule has 1 amide bonds. The number of piperazine rings is 1. The maximum absolute atomic E-state index is 13.6. The number of pyridine rings is 2. The highest BCUT2D eigenvalue weighted by atomic mass is 19.4. The summed E-state index contributed by atoms with van der Waals surface area (Å²) < 4.78 is 85.8. The van der Waals surface area contributed by atoms with Gasteiger partial charge in [-0.05, 0) is 18.2 Å². The van der Waals surface area contributed by atoms with Crippen LogP contribution in [-0.4, -0.2) is 48.4 Å². The number of hydrogen-bond acceptors (Lipinski definition) is 6. The molecule has 1 unspecified atom stereocenters. The first kappa shape index (κ1) is 24.6. The number of hydrogen-bond donors (Lipinski definition) is 2. The second-order valence-corrected chi connectivity index (χ2v) is 6.91. The normalized spacial score (nSPS) is 18.5. The minimum absolute atomic E-state index is 0.0128. The Labute approximate surface area is 185 Å². The van der Waals surface area contributed by atoms with Crippen molar-refractivity contribution in [3.05, 3.63) is 35.5 Å². The standard InChI is InChI=1S/C18H15F6N5O2.C2H6/c19-17(20,21)9-7-11(27-12(8-9)29-5-3-25-4-6-29)10-1-2-26-15-13(10)14(18(22,23)24)31-16(30)28-15;1-2/h1-2,7-8,14,25H,3-6H2,(H,26,28,30);1-2H3. The molecule has 2 aliphatic rings. The summed E-state index contributed by atoms with van der Waals surface area (Å²) in [6.45, 7) is 5.81. The summed E-state index contributed by atoms with van der Waals surface area (Å²) in [5, 5.41) is 5.12. The number of halogens is 6. The Morgan fingerprint density at radius 1 is 1.09 bits per heavy atom. The molecule has 0 spiro atoms. The highest BCUT2D eigenvalue weighted by Gasteiger charge is 2.49. The van der Waals surface area contributed by atoms with Crippen LogP contribution in [0.3, 0.4) is 0 Å². The van der Waals surface area contributed by atoms with E-state index in [1.807, 2.05) is 13.8 Å². The third-order valence-corrected chi connectivity index (χ3v) is 4.85. The second kappa shape index (κ2) is 9.41. The molecule has 7 nitrogen and oxygen atoms in total. The van der Waals surface area contributed by atoms with Gasteiger partial charge in [0.15, 0.2) is 0 Å². The topological polar surface area (TPSA) is 79.4 Å².